The molecule has 0 bridgehead atoms. The molecule has 3 rings (SSSR count). The van der Waals surface area contributed by atoms with Gasteiger partial charge in [-0.25, -0.2) is 9.18 Å². The summed E-state index contributed by atoms with van der Waals surface area (Å²) >= 11 is 1.56. The first kappa shape index (κ1) is 18.0. The van der Waals surface area contributed by atoms with Crippen LogP contribution in [0.15, 0.2) is 23.1 Å². The molecule has 6 nitrogen and oxygen atoms in total. The number of hydrogen-bond donors (Lipinski definition) is 2. The van der Waals surface area contributed by atoms with E-state index < -0.39 is 12.2 Å². The molecule has 136 valence electrons. The number of ether oxygens (including phenoxy) is 1. The Morgan fingerprint density at radius 3 is 2.88 bits per heavy atom. The normalized spacial score (nSPS) is 21.3. The number of benzene rings is 1. The number of anilines is 1. The molecule has 0 saturated carbocycles. The van der Waals surface area contributed by atoms with E-state index in [0.29, 0.717) is 22.4 Å². The van der Waals surface area contributed by atoms with Crippen LogP contribution in [0, 0.1) is 5.82 Å². The lowest BCUT2D eigenvalue weighted by atomic mass is 10.2. The predicted octanol–water partition coefficient (Wildman–Crippen LogP) is 2.13. The zero-order valence-corrected chi connectivity index (χ0v) is 14.9. The smallest absolute Gasteiger partial charge is 0.414 e. The van der Waals surface area contributed by atoms with Crippen molar-refractivity contribution in [1.29, 1.82) is 0 Å². The molecule has 0 aliphatic carbocycles. The van der Waals surface area contributed by atoms with Crippen LogP contribution < -0.4 is 15.5 Å². The van der Waals surface area contributed by atoms with Crippen LogP contribution in [0.5, 0.6) is 0 Å². The number of cyclic esters (lactones) is 1. The van der Waals surface area contributed by atoms with Crippen LogP contribution in [0.3, 0.4) is 0 Å². The molecule has 0 spiro atoms. The summed E-state index contributed by atoms with van der Waals surface area (Å²) in [6.45, 7) is 3.88. The number of thioether (sulfide) groups is 1. The minimum Gasteiger partial charge on any atom is -0.442 e. The second kappa shape index (κ2) is 8.05. The lowest BCUT2D eigenvalue weighted by molar-refractivity contribution is -0.119. The highest BCUT2D eigenvalue weighted by Crippen LogP contribution is 2.33. The number of carbonyl (C=O) groups excluding carboxylic acids is 2. The van der Waals surface area contributed by atoms with Crippen molar-refractivity contribution in [2.75, 3.05) is 31.1 Å². The minimum atomic E-state index is -0.520. The molecular formula is C17H22FN3O3S. The molecule has 1 aromatic carbocycles. The summed E-state index contributed by atoms with van der Waals surface area (Å²) < 4.78 is 19.7. The number of hydrogen-bond acceptors (Lipinski definition) is 5. The van der Waals surface area contributed by atoms with Gasteiger partial charge < -0.3 is 15.4 Å². The SMILES string of the molecule is CC(=O)NCC1CN(c2ccc(SC3CCNCC3)c(F)c2)C(=O)O1. The lowest BCUT2D eigenvalue weighted by Crippen LogP contribution is -2.33. The van der Waals surface area contributed by atoms with Gasteiger partial charge in [0.05, 0.1) is 18.8 Å². The van der Waals surface area contributed by atoms with Gasteiger partial charge in [-0.15, -0.1) is 11.8 Å². The molecule has 1 unspecified atom stereocenters. The summed E-state index contributed by atoms with van der Waals surface area (Å²) in [6.07, 6.45) is 1.10. The van der Waals surface area contributed by atoms with E-state index in [1.165, 1.54) is 17.9 Å². The molecule has 0 radical (unpaired) electrons. The number of nitrogens with one attached hydrogen (secondary N) is 2. The van der Waals surface area contributed by atoms with Gasteiger partial charge in [0.25, 0.3) is 0 Å². The molecule has 25 heavy (non-hydrogen) atoms. The monoisotopic (exact) mass is 367 g/mol. The molecule has 2 aliphatic rings. The summed E-state index contributed by atoms with van der Waals surface area (Å²) in [6, 6.07) is 4.85. The Labute approximate surface area is 150 Å². The van der Waals surface area contributed by atoms with Crippen molar-refractivity contribution < 1.29 is 18.7 Å². The van der Waals surface area contributed by atoms with Crippen molar-refractivity contribution >= 4 is 29.4 Å². The first-order valence-electron chi connectivity index (χ1n) is 8.42. The molecule has 2 saturated heterocycles. The largest absolute Gasteiger partial charge is 0.442 e. The lowest BCUT2D eigenvalue weighted by Gasteiger charge is -2.22. The average molecular weight is 367 g/mol. The molecule has 2 aliphatic heterocycles. The van der Waals surface area contributed by atoms with Gasteiger partial charge in [0, 0.05) is 17.1 Å². The van der Waals surface area contributed by atoms with Crippen molar-refractivity contribution in [3.63, 3.8) is 0 Å². The van der Waals surface area contributed by atoms with Gasteiger partial charge in [0.1, 0.15) is 11.9 Å². The third-order valence-electron chi connectivity index (χ3n) is 4.26. The molecular weight excluding hydrogens is 345 g/mol. The third kappa shape index (κ3) is 4.64. The first-order chi connectivity index (χ1) is 12.0. The van der Waals surface area contributed by atoms with Gasteiger partial charge in [-0.05, 0) is 44.1 Å². The van der Waals surface area contributed by atoms with E-state index >= 15 is 0 Å². The summed E-state index contributed by atoms with van der Waals surface area (Å²) in [4.78, 5) is 25.0. The van der Waals surface area contributed by atoms with E-state index in [4.69, 9.17) is 4.74 Å². The van der Waals surface area contributed by atoms with Gasteiger partial charge in [-0.1, -0.05) is 0 Å². The van der Waals surface area contributed by atoms with E-state index in [1.54, 1.807) is 23.9 Å². The van der Waals surface area contributed by atoms with E-state index in [-0.39, 0.29) is 18.3 Å². The van der Waals surface area contributed by atoms with Crippen molar-refractivity contribution in [2.24, 2.45) is 0 Å². The maximum absolute atomic E-state index is 14.5. The van der Waals surface area contributed by atoms with E-state index in [2.05, 4.69) is 10.6 Å². The van der Waals surface area contributed by atoms with Gasteiger partial charge in [-0.3, -0.25) is 9.69 Å². The zero-order valence-electron chi connectivity index (χ0n) is 14.1. The maximum atomic E-state index is 14.5. The standard InChI is InChI=1S/C17H22FN3O3S/c1-11(22)20-9-13-10-21(17(23)24-13)12-2-3-16(15(18)8-12)25-14-4-6-19-7-5-14/h2-3,8,13-14,19H,4-7,9-10H2,1H3,(H,20,22). The quantitative estimate of drug-likeness (QED) is 0.834. The Balaban J connectivity index is 1.63. The van der Waals surface area contributed by atoms with Crippen LogP contribution in [0.1, 0.15) is 19.8 Å². The summed E-state index contributed by atoms with van der Waals surface area (Å²) in [5.74, 6) is -0.501. The fraction of sp³-hybridized carbons (Fsp3) is 0.529. The predicted molar refractivity (Wildman–Crippen MR) is 94.4 cm³/mol. The van der Waals surface area contributed by atoms with Crippen LogP contribution in [-0.4, -0.2) is 49.5 Å². The number of carbonyl (C=O) groups is 2. The van der Waals surface area contributed by atoms with Crippen molar-refractivity contribution in [3.8, 4) is 0 Å². The average Bonchev–Trinajstić information content (AvgIpc) is 2.97. The van der Waals surface area contributed by atoms with Crippen LogP contribution in [-0.2, 0) is 9.53 Å². The zero-order chi connectivity index (χ0) is 17.8. The molecule has 2 heterocycles. The van der Waals surface area contributed by atoms with E-state index in [0.717, 1.165) is 25.9 Å². The Bertz CT molecular complexity index is 652. The van der Waals surface area contributed by atoms with Crippen LogP contribution in [0.4, 0.5) is 14.9 Å². The number of rotatable bonds is 5. The molecule has 1 atom stereocenters. The van der Waals surface area contributed by atoms with E-state index in [9.17, 15) is 14.0 Å². The highest BCUT2D eigenvalue weighted by molar-refractivity contribution is 8.00. The topological polar surface area (TPSA) is 70.7 Å². The highest BCUT2D eigenvalue weighted by atomic mass is 32.2. The minimum absolute atomic E-state index is 0.181. The Hall–Kier alpha value is -1.80. The fourth-order valence-electron chi connectivity index (χ4n) is 2.94. The molecule has 8 heteroatoms. The van der Waals surface area contributed by atoms with Crippen LogP contribution in [0.2, 0.25) is 0 Å². The Morgan fingerprint density at radius 1 is 1.44 bits per heavy atom. The molecule has 1 aromatic rings. The molecule has 2 N–H and O–H groups in total. The Morgan fingerprint density at radius 2 is 2.20 bits per heavy atom. The van der Waals surface area contributed by atoms with Gasteiger partial charge in [-0.2, -0.15) is 0 Å². The third-order valence-corrected chi connectivity index (χ3v) is 5.65. The van der Waals surface area contributed by atoms with E-state index in [1.807, 2.05) is 0 Å². The first-order valence-corrected chi connectivity index (χ1v) is 9.30. The second-order valence-corrected chi connectivity index (χ2v) is 7.58. The van der Waals surface area contributed by atoms with Crippen molar-refractivity contribution in [3.05, 3.63) is 24.0 Å². The molecule has 2 fully saturated rings. The Kier molecular flexibility index (Phi) is 5.80. The van der Waals surface area contributed by atoms with Crippen LogP contribution in [0.25, 0.3) is 0 Å². The summed E-state index contributed by atoms with van der Waals surface area (Å²) in [5.41, 5.74) is 0.475. The second-order valence-electron chi connectivity index (χ2n) is 6.24. The number of halogens is 1. The van der Waals surface area contributed by atoms with Gasteiger partial charge in [0.2, 0.25) is 5.91 Å². The number of piperidine rings is 1. The maximum Gasteiger partial charge on any atom is 0.414 e. The van der Waals surface area contributed by atoms with Crippen LogP contribution >= 0.6 is 11.8 Å². The summed E-state index contributed by atoms with van der Waals surface area (Å²) in [5, 5.41) is 6.33. The fourth-order valence-corrected chi connectivity index (χ4v) is 4.09. The van der Waals surface area contributed by atoms with Crippen molar-refractivity contribution in [2.45, 2.75) is 36.0 Å². The summed E-state index contributed by atoms with van der Waals surface area (Å²) in [7, 11) is 0. The molecule has 2 amide bonds. The number of nitrogens with zero attached hydrogens (tertiary/aromatic N) is 1. The number of amides is 2. The van der Waals surface area contributed by atoms with Gasteiger partial charge >= 0.3 is 6.09 Å². The van der Waals surface area contributed by atoms with Crippen molar-refractivity contribution in [1.82, 2.24) is 10.6 Å². The highest BCUT2D eigenvalue weighted by Gasteiger charge is 2.32. The molecule has 0 aromatic heterocycles. The van der Waals surface area contributed by atoms with Gasteiger partial charge in [0.15, 0.2) is 0 Å².